The number of amidine groups is 1. The molecule has 4 heterocycles. The number of pyridine rings is 1. The summed E-state index contributed by atoms with van der Waals surface area (Å²) in [6.45, 7) is 2.27. The number of aliphatic hydroxyl groups excluding tert-OH is 1. The maximum absolute atomic E-state index is 13.1. The normalized spacial score (nSPS) is 24.5. The summed E-state index contributed by atoms with van der Waals surface area (Å²) in [5.74, 6) is 0.809. The molecule has 1 N–H and O–H groups in total. The fourth-order valence-electron chi connectivity index (χ4n) is 5.14. The first-order valence-electron chi connectivity index (χ1n) is 12.2. The fourth-order valence-corrected chi connectivity index (χ4v) is 5.14. The molecule has 37 heavy (non-hydrogen) atoms. The first-order chi connectivity index (χ1) is 17.7. The van der Waals surface area contributed by atoms with Gasteiger partial charge in [0.05, 0.1) is 29.2 Å². The minimum atomic E-state index is -4.47. The van der Waals surface area contributed by atoms with Crippen LogP contribution in [-0.2, 0) is 32.7 Å². The predicted octanol–water partition coefficient (Wildman–Crippen LogP) is 3.79. The number of aliphatic hydroxyl groups is 1. The quantitative estimate of drug-likeness (QED) is 0.668. The van der Waals surface area contributed by atoms with Crippen LogP contribution >= 0.6 is 0 Å². The van der Waals surface area contributed by atoms with E-state index in [1.807, 2.05) is 13.0 Å². The Balaban J connectivity index is 1.33. The maximum atomic E-state index is 13.1. The summed E-state index contributed by atoms with van der Waals surface area (Å²) in [7, 11) is 0. The van der Waals surface area contributed by atoms with Gasteiger partial charge in [0.1, 0.15) is 12.2 Å². The minimum Gasteiger partial charge on any atom is -0.481 e. The molecule has 1 saturated heterocycles. The molecule has 1 saturated carbocycles. The highest BCUT2D eigenvalue weighted by Crippen LogP contribution is 2.50. The number of carbonyl (C=O) groups is 1. The monoisotopic (exact) mass is 514 g/mol. The second kappa shape index (κ2) is 8.20. The number of hydrogen-bond acceptors (Lipinski definition) is 7. The predicted molar refractivity (Wildman–Crippen MR) is 127 cm³/mol. The molecule has 0 radical (unpaired) electrons. The van der Waals surface area contributed by atoms with E-state index in [0.717, 1.165) is 36.4 Å². The first-order valence-corrected chi connectivity index (χ1v) is 12.2. The molecular formula is C26H25F3N4O4. The molecule has 6 rings (SSSR count). The molecule has 4 aliphatic rings. The molecule has 0 bridgehead atoms. The number of oxime groups is 1. The third-order valence-electron chi connectivity index (χ3n) is 7.37. The number of nitrogens with zero attached hydrogens (tertiary/aromatic N) is 4. The number of ether oxygens (including phenoxy) is 1. The fraction of sp³-hybridized carbons (Fsp3) is 0.423. The van der Waals surface area contributed by atoms with Gasteiger partial charge >= 0.3 is 6.18 Å². The largest absolute Gasteiger partial charge is 0.481 e. The number of benzene rings is 1. The van der Waals surface area contributed by atoms with Gasteiger partial charge in [-0.25, -0.2) is 0 Å². The van der Waals surface area contributed by atoms with Crippen LogP contribution in [0.1, 0.15) is 48.7 Å². The van der Waals surface area contributed by atoms with Gasteiger partial charge in [0.25, 0.3) is 5.72 Å². The third-order valence-corrected chi connectivity index (χ3v) is 7.37. The average Bonchev–Trinajstić information content (AvgIpc) is 3.32. The molecule has 1 spiro atoms. The van der Waals surface area contributed by atoms with E-state index in [-0.39, 0.29) is 5.91 Å². The third kappa shape index (κ3) is 3.83. The van der Waals surface area contributed by atoms with E-state index < -0.39 is 29.7 Å². The van der Waals surface area contributed by atoms with Crippen LogP contribution in [0.4, 0.5) is 18.9 Å². The number of aromatic nitrogens is 1. The summed E-state index contributed by atoms with van der Waals surface area (Å²) in [6.07, 6.45) is -0.0787. The summed E-state index contributed by atoms with van der Waals surface area (Å²) in [5, 5.41) is 14.6. The van der Waals surface area contributed by atoms with Crippen molar-refractivity contribution in [3.8, 4) is 0 Å². The number of morpholine rings is 1. The van der Waals surface area contributed by atoms with Gasteiger partial charge in [-0.05, 0) is 37.1 Å². The number of anilines is 1. The first kappa shape index (κ1) is 23.8. The number of halogens is 3. The molecule has 3 aliphatic heterocycles. The van der Waals surface area contributed by atoms with Crippen LogP contribution < -0.4 is 4.90 Å². The molecule has 11 heteroatoms. The Kier molecular flexibility index (Phi) is 5.27. The highest BCUT2D eigenvalue weighted by atomic mass is 19.4. The zero-order valence-corrected chi connectivity index (χ0v) is 20.1. The summed E-state index contributed by atoms with van der Waals surface area (Å²) in [5.41, 5.74) is -0.139. The van der Waals surface area contributed by atoms with E-state index in [4.69, 9.17) is 14.6 Å². The Bertz CT molecular complexity index is 1320. The zero-order chi connectivity index (χ0) is 26.0. The van der Waals surface area contributed by atoms with Crippen molar-refractivity contribution in [1.82, 2.24) is 9.88 Å². The minimum absolute atomic E-state index is 0.0506. The van der Waals surface area contributed by atoms with Crippen molar-refractivity contribution in [2.24, 2.45) is 5.16 Å². The lowest BCUT2D eigenvalue weighted by Gasteiger charge is -2.42. The van der Waals surface area contributed by atoms with Gasteiger partial charge in [-0.1, -0.05) is 24.2 Å². The lowest BCUT2D eigenvalue weighted by Crippen LogP contribution is -2.56. The van der Waals surface area contributed by atoms with E-state index >= 15 is 0 Å². The molecule has 8 nitrogen and oxygen atoms in total. The van der Waals surface area contributed by atoms with Crippen LogP contribution in [0.3, 0.4) is 0 Å². The summed E-state index contributed by atoms with van der Waals surface area (Å²) < 4.78 is 45.6. The van der Waals surface area contributed by atoms with Gasteiger partial charge in [-0.3, -0.25) is 9.78 Å². The number of carbonyl (C=O) groups excluding carboxylic acids is 1. The Labute approximate surface area is 211 Å². The lowest BCUT2D eigenvalue weighted by molar-refractivity contribution is -0.149. The van der Waals surface area contributed by atoms with Crippen molar-refractivity contribution in [3.63, 3.8) is 0 Å². The molecule has 1 aromatic carbocycles. The number of amides is 1. The molecule has 2 aromatic rings. The van der Waals surface area contributed by atoms with Crippen molar-refractivity contribution in [2.45, 2.75) is 50.1 Å². The molecule has 1 aliphatic carbocycles. The second-order valence-corrected chi connectivity index (χ2v) is 9.75. The Morgan fingerprint density at radius 2 is 1.95 bits per heavy atom. The summed E-state index contributed by atoms with van der Waals surface area (Å²) in [6, 6.07) is 8.23. The van der Waals surface area contributed by atoms with Crippen molar-refractivity contribution in [3.05, 3.63) is 64.7 Å². The van der Waals surface area contributed by atoms with Crippen LogP contribution in [0, 0.1) is 0 Å². The van der Waals surface area contributed by atoms with Gasteiger partial charge in [0.2, 0.25) is 11.7 Å². The van der Waals surface area contributed by atoms with E-state index in [2.05, 4.69) is 5.16 Å². The van der Waals surface area contributed by atoms with E-state index in [0.29, 0.717) is 48.8 Å². The molecule has 1 atom stereocenters. The van der Waals surface area contributed by atoms with E-state index in [9.17, 15) is 23.1 Å². The molecule has 1 amide bonds. The number of alkyl halides is 3. The Morgan fingerprint density at radius 3 is 2.59 bits per heavy atom. The van der Waals surface area contributed by atoms with Gasteiger partial charge < -0.3 is 24.5 Å². The van der Waals surface area contributed by atoms with E-state index in [1.54, 1.807) is 21.9 Å². The van der Waals surface area contributed by atoms with Gasteiger partial charge in [0, 0.05) is 31.0 Å². The number of hydrogen-bond donors (Lipinski definition) is 1. The van der Waals surface area contributed by atoms with Crippen molar-refractivity contribution >= 4 is 23.5 Å². The summed E-state index contributed by atoms with van der Waals surface area (Å²) in [4.78, 5) is 26.2. The molecule has 1 unspecified atom stereocenters. The number of rotatable bonds is 4. The van der Waals surface area contributed by atoms with Crippen LogP contribution in [0.2, 0.25) is 0 Å². The highest BCUT2D eigenvalue weighted by Gasteiger charge is 2.60. The number of fused-ring (bicyclic) bond motifs is 2. The van der Waals surface area contributed by atoms with Crippen LogP contribution in [0.5, 0.6) is 0 Å². The molecule has 194 valence electrons. The Hall–Kier alpha value is -3.60. The SMILES string of the molecule is CCC(=O)N1CCc2nc(/C=C3\OC4(CC4)CN4C3=NOC4(CO)c3ccc(C(F)(F)F)cc3)ccc21. The van der Waals surface area contributed by atoms with Gasteiger partial charge in [0.15, 0.2) is 5.76 Å². The molecule has 2 fully saturated rings. The van der Waals surface area contributed by atoms with E-state index in [1.165, 1.54) is 12.1 Å². The van der Waals surface area contributed by atoms with Gasteiger partial charge in [-0.2, -0.15) is 13.2 Å². The van der Waals surface area contributed by atoms with Crippen molar-refractivity contribution in [1.29, 1.82) is 0 Å². The molecular weight excluding hydrogens is 489 g/mol. The summed E-state index contributed by atoms with van der Waals surface area (Å²) >= 11 is 0. The smallest absolute Gasteiger partial charge is 0.416 e. The zero-order valence-electron chi connectivity index (χ0n) is 20.1. The lowest BCUT2D eigenvalue weighted by atomic mass is 9.98. The standard InChI is InChI=1S/C26H25F3N4O4/c1-2-22(35)32-12-9-19-20(32)8-7-18(30-19)13-21-23-31-37-25(15-34,33(23)14-24(36-21)10-11-24)16-3-5-17(6-4-16)26(27,28)29/h3-8,13,34H,2,9-12,14-15H2,1H3/b21-13-. The van der Waals surface area contributed by atoms with Gasteiger partial charge in [-0.15, -0.1) is 0 Å². The van der Waals surface area contributed by atoms with Crippen LogP contribution in [0.25, 0.3) is 6.08 Å². The van der Waals surface area contributed by atoms with Crippen molar-refractivity contribution in [2.75, 3.05) is 24.6 Å². The maximum Gasteiger partial charge on any atom is 0.416 e. The van der Waals surface area contributed by atoms with Crippen LogP contribution in [-0.4, -0.2) is 52.0 Å². The molecule has 1 aromatic heterocycles. The van der Waals surface area contributed by atoms with Crippen molar-refractivity contribution < 1.29 is 32.6 Å². The Morgan fingerprint density at radius 1 is 1.19 bits per heavy atom. The average molecular weight is 515 g/mol. The second-order valence-electron chi connectivity index (χ2n) is 9.75. The topological polar surface area (TPSA) is 87.5 Å². The van der Waals surface area contributed by atoms with Crippen LogP contribution in [0.15, 0.2) is 47.3 Å². The highest BCUT2D eigenvalue weighted by molar-refractivity contribution is 6.02.